The second kappa shape index (κ2) is 7.79. The van der Waals surface area contributed by atoms with Crippen molar-refractivity contribution in [1.29, 1.82) is 0 Å². The fraction of sp³-hybridized carbons (Fsp3) is 0.263. The van der Waals surface area contributed by atoms with E-state index in [-0.39, 0.29) is 5.91 Å². The van der Waals surface area contributed by atoms with Crippen LogP contribution in [0.2, 0.25) is 0 Å². The van der Waals surface area contributed by atoms with E-state index in [9.17, 15) is 4.79 Å². The van der Waals surface area contributed by atoms with Gasteiger partial charge in [-0.3, -0.25) is 4.79 Å². The average Bonchev–Trinajstić information content (AvgIpc) is 3.28. The molecule has 0 spiro atoms. The van der Waals surface area contributed by atoms with Gasteiger partial charge in [-0.25, -0.2) is 4.68 Å². The molecule has 8 heteroatoms. The van der Waals surface area contributed by atoms with Crippen LogP contribution in [0.1, 0.15) is 10.4 Å². The van der Waals surface area contributed by atoms with Gasteiger partial charge in [-0.15, -0.1) is 22.0 Å². The Morgan fingerprint density at radius 3 is 2.26 bits per heavy atom. The maximum Gasteiger partial charge on any atom is 0.253 e. The molecule has 0 unspecified atom stereocenters. The summed E-state index contributed by atoms with van der Waals surface area (Å²) in [4.78, 5) is 17.9. The summed E-state index contributed by atoms with van der Waals surface area (Å²) < 4.78 is 1.68. The van der Waals surface area contributed by atoms with Crippen molar-refractivity contribution >= 4 is 23.5 Å². The first-order valence-electron chi connectivity index (χ1n) is 8.76. The van der Waals surface area contributed by atoms with Crippen LogP contribution < -0.4 is 4.90 Å². The highest BCUT2D eigenvalue weighted by atomic mass is 32.2. The van der Waals surface area contributed by atoms with Gasteiger partial charge in [0.1, 0.15) is 0 Å². The standard InChI is InChI=1S/C19H20N6OS/c1-27-16-5-3-15(4-6-16)19(26)24-13-11-23(12-14-24)17-7-8-18(22-21-17)25-10-2-9-20-25/h2-10H,11-14H2,1H3. The quantitative estimate of drug-likeness (QED) is 0.647. The maximum absolute atomic E-state index is 12.7. The zero-order valence-corrected chi connectivity index (χ0v) is 15.8. The van der Waals surface area contributed by atoms with Gasteiger partial charge in [0.05, 0.1) is 0 Å². The number of piperazine rings is 1. The van der Waals surface area contributed by atoms with Crippen molar-refractivity contribution in [2.75, 3.05) is 37.3 Å². The molecule has 0 radical (unpaired) electrons. The Bertz CT molecular complexity index is 887. The van der Waals surface area contributed by atoms with Crippen molar-refractivity contribution < 1.29 is 4.79 Å². The van der Waals surface area contributed by atoms with Gasteiger partial charge in [0.2, 0.25) is 0 Å². The topological polar surface area (TPSA) is 67.2 Å². The molecule has 0 saturated carbocycles. The molecule has 4 rings (SSSR count). The van der Waals surface area contributed by atoms with E-state index >= 15 is 0 Å². The molecular formula is C19H20N6OS. The van der Waals surface area contributed by atoms with Gasteiger partial charge >= 0.3 is 0 Å². The van der Waals surface area contributed by atoms with E-state index in [1.807, 2.05) is 59.8 Å². The van der Waals surface area contributed by atoms with E-state index in [0.717, 1.165) is 29.4 Å². The first kappa shape index (κ1) is 17.5. The number of aromatic nitrogens is 4. The molecule has 1 fully saturated rings. The van der Waals surface area contributed by atoms with E-state index in [0.29, 0.717) is 18.9 Å². The number of hydrogen-bond acceptors (Lipinski definition) is 6. The molecule has 1 saturated heterocycles. The summed E-state index contributed by atoms with van der Waals surface area (Å²) >= 11 is 1.67. The van der Waals surface area contributed by atoms with Crippen LogP contribution in [-0.2, 0) is 0 Å². The van der Waals surface area contributed by atoms with E-state index in [1.54, 1.807) is 22.6 Å². The van der Waals surface area contributed by atoms with Crippen molar-refractivity contribution in [3.63, 3.8) is 0 Å². The molecular weight excluding hydrogens is 360 g/mol. The highest BCUT2D eigenvalue weighted by Gasteiger charge is 2.23. The molecule has 1 amide bonds. The number of carbonyl (C=O) groups excluding carboxylic acids is 1. The van der Waals surface area contributed by atoms with Gasteiger partial charge < -0.3 is 9.80 Å². The molecule has 2 aromatic heterocycles. The summed E-state index contributed by atoms with van der Waals surface area (Å²) in [5.74, 6) is 1.59. The van der Waals surface area contributed by atoms with Crippen LogP contribution in [0.25, 0.3) is 5.82 Å². The van der Waals surface area contributed by atoms with E-state index in [4.69, 9.17) is 0 Å². The summed E-state index contributed by atoms with van der Waals surface area (Å²) in [7, 11) is 0. The summed E-state index contributed by atoms with van der Waals surface area (Å²) in [5.41, 5.74) is 0.740. The number of rotatable bonds is 4. The first-order chi connectivity index (χ1) is 13.2. The number of anilines is 1. The third kappa shape index (κ3) is 3.80. The fourth-order valence-electron chi connectivity index (χ4n) is 3.07. The number of hydrogen-bond donors (Lipinski definition) is 0. The Hall–Kier alpha value is -2.87. The molecule has 1 aliphatic heterocycles. The Labute approximate surface area is 162 Å². The van der Waals surface area contributed by atoms with Gasteiger partial charge in [0.25, 0.3) is 5.91 Å². The summed E-state index contributed by atoms with van der Waals surface area (Å²) in [6, 6.07) is 13.5. The van der Waals surface area contributed by atoms with Crippen molar-refractivity contribution in [1.82, 2.24) is 24.9 Å². The van der Waals surface area contributed by atoms with Crippen LogP contribution in [-0.4, -0.2) is 63.2 Å². The second-order valence-corrected chi connectivity index (χ2v) is 7.09. The number of amides is 1. The molecule has 0 atom stereocenters. The SMILES string of the molecule is CSc1ccc(C(=O)N2CCN(c3ccc(-n4cccn4)nn3)CC2)cc1. The van der Waals surface area contributed by atoms with Crippen LogP contribution in [0.3, 0.4) is 0 Å². The molecule has 0 aliphatic carbocycles. The average molecular weight is 380 g/mol. The lowest BCUT2D eigenvalue weighted by Gasteiger charge is -2.35. The van der Waals surface area contributed by atoms with Crippen LogP contribution >= 0.6 is 11.8 Å². The molecule has 1 aromatic carbocycles. The maximum atomic E-state index is 12.7. The predicted octanol–water partition coefficient (Wildman–Crippen LogP) is 2.35. The van der Waals surface area contributed by atoms with Gasteiger partial charge in [-0.05, 0) is 48.7 Å². The molecule has 0 N–H and O–H groups in total. The van der Waals surface area contributed by atoms with Gasteiger partial charge in [-0.1, -0.05) is 0 Å². The summed E-state index contributed by atoms with van der Waals surface area (Å²) in [6.07, 6.45) is 5.57. The summed E-state index contributed by atoms with van der Waals surface area (Å²) in [6.45, 7) is 2.83. The number of thioether (sulfide) groups is 1. The molecule has 27 heavy (non-hydrogen) atoms. The Morgan fingerprint density at radius 2 is 1.67 bits per heavy atom. The van der Waals surface area contributed by atoms with Gasteiger partial charge in [0.15, 0.2) is 11.6 Å². The highest BCUT2D eigenvalue weighted by Crippen LogP contribution is 2.18. The van der Waals surface area contributed by atoms with Gasteiger partial charge in [0, 0.05) is 49.0 Å². The molecule has 3 aromatic rings. The Morgan fingerprint density at radius 1 is 0.963 bits per heavy atom. The van der Waals surface area contributed by atoms with E-state index < -0.39 is 0 Å². The predicted molar refractivity (Wildman–Crippen MR) is 105 cm³/mol. The number of nitrogens with zero attached hydrogens (tertiary/aromatic N) is 6. The largest absolute Gasteiger partial charge is 0.352 e. The Balaban J connectivity index is 1.37. The minimum atomic E-state index is 0.0856. The molecule has 7 nitrogen and oxygen atoms in total. The minimum absolute atomic E-state index is 0.0856. The van der Waals surface area contributed by atoms with Gasteiger partial charge in [-0.2, -0.15) is 5.10 Å². The molecule has 0 bridgehead atoms. The lowest BCUT2D eigenvalue weighted by molar-refractivity contribution is 0.0746. The van der Waals surface area contributed by atoms with Crippen LogP contribution in [0, 0.1) is 0 Å². The van der Waals surface area contributed by atoms with Crippen LogP contribution in [0.15, 0.2) is 59.8 Å². The highest BCUT2D eigenvalue weighted by molar-refractivity contribution is 7.98. The molecule has 138 valence electrons. The third-order valence-electron chi connectivity index (χ3n) is 4.60. The van der Waals surface area contributed by atoms with Crippen LogP contribution in [0.5, 0.6) is 0 Å². The fourth-order valence-corrected chi connectivity index (χ4v) is 3.48. The molecule has 3 heterocycles. The van der Waals surface area contributed by atoms with Crippen molar-refractivity contribution in [2.24, 2.45) is 0 Å². The van der Waals surface area contributed by atoms with Crippen molar-refractivity contribution in [2.45, 2.75) is 4.90 Å². The zero-order chi connectivity index (χ0) is 18.6. The third-order valence-corrected chi connectivity index (χ3v) is 5.35. The van der Waals surface area contributed by atoms with E-state index in [2.05, 4.69) is 20.2 Å². The number of benzene rings is 1. The lowest BCUT2D eigenvalue weighted by Crippen LogP contribution is -2.49. The lowest BCUT2D eigenvalue weighted by atomic mass is 10.2. The van der Waals surface area contributed by atoms with Crippen molar-refractivity contribution in [3.05, 3.63) is 60.4 Å². The van der Waals surface area contributed by atoms with E-state index in [1.165, 1.54) is 0 Å². The molecule has 1 aliphatic rings. The summed E-state index contributed by atoms with van der Waals surface area (Å²) in [5, 5.41) is 12.7. The smallest absolute Gasteiger partial charge is 0.253 e. The first-order valence-corrected chi connectivity index (χ1v) is 9.99. The minimum Gasteiger partial charge on any atom is -0.352 e. The Kier molecular flexibility index (Phi) is 5.06. The zero-order valence-electron chi connectivity index (χ0n) is 15.0. The van der Waals surface area contributed by atoms with Crippen LogP contribution in [0.4, 0.5) is 5.82 Å². The van der Waals surface area contributed by atoms with Crippen molar-refractivity contribution in [3.8, 4) is 5.82 Å². The second-order valence-electron chi connectivity index (χ2n) is 6.21. The normalized spacial score (nSPS) is 14.4. The monoisotopic (exact) mass is 380 g/mol. The number of carbonyl (C=O) groups is 1.